The van der Waals surface area contributed by atoms with Gasteiger partial charge in [-0.25, -0.2) is 0 Å². The number of ether oxygens (including phenoxy) is 1. The maximum absolute atomic E-state index is 5.81. The number of nitrogens with two attached hydrogens (primary N) is 2. The van der Waals surface area contributed by atoms with E-state index in [1.54, 1.807) is 7.11 Å². The number of nitrogens with one attached hydrogen (secondary N) is 2. The van der Waals surface area contributed by atoms with Crippen LogP contribution < -0.4 is 31.7 Å². The summed E-state index contributed by atoms with van der Waals surface area (Å²) >= 11 is 0. The largest absolute Gasteiger partial charge is 0.497 e. The zero-order valence-electron chi connectivity index (χ0n) is 20.6. The van der Waals surface area contributed by atoms with Gasteiger partial charge in [0.05, 0.1) is 7.11 Å². The number of hydrogen-bond acceptors (Lipinski definition) is 6. The van der Waals surface area contributed by atoms with Crippen molar-refractivity contribution < 1.29 is 4.74 Å². The average Bonchev–Trinajstić information content (AvgIpc) is 2.94. The zero-order valence-corrected chi connectivity index (χ0v) is 20.6. The van der Waals surface area contributed by atoms with Gasteiger partial charge >= 0.3 is 0 Å². The zero-order chi connectivity index (χ0) is 25.6. The summed E-state index contributed by atoms with van der Waals surface area (Å²) in [6.45, 7) is 0. The molecule has 0 unspecified atom stereocenters. The molecule has 0 heterocycles. The Morgan fingerprint density at radius 1 is 0.459 bits per heavy atom. The van der Waals surface area contributed by atoms with Crippen LogP contribution in [-0.4, -0.2) is 7.11 Å². The summed E-state index contributed by atoms with van der Waals surface area (Å²) < 4.78 is 5.37. The van der Waals surface area contributed by atoms with E-state index in [4.69, 9.17) is 16.2 Å². The highest BCUT2D eigenvalue weighted by Gasteiger charge is 2.13. The number of methoxy groups -OCH3 is 1. The molecule has 37 heavy (non-hydrogen) atoms. The van der Waals surface area contributed by atoms with E-state index in [9.17, 15) is 0 Å². The summed E-state index contributed by atoms with van der Waals surface area (Å²) in [5, 5.41) is 6.84. The number of nitrogens with zero attached hydrogens (tertiary/aromatic N) is 1. The molecule has 0 saturated heterocycles. The first kappa shape index (κ1) is 23.6. The van der Waals surface area contributed by atoms with Crippen LogP contribution in [-0.2, 0) is 0 Å². The molecular formula is C31H29N5O. The minimum Gasteiger partial charge on any atom is -0.497 e. The molecular weight excluding hydrogens is 458 g/mol. The lowest BCUT2D eigenvalue weighted by molar-refractivity contribution is 0.415. The number of benzene rings is 5. The third-order valence-electron chi connectivity index (χ3n) is 5.98. The van der Waals surface area contributed by atoms with E-state index in [-0.39, 0.29) is 0 Å². The van der Waals surface area contributed by atoms with Crippen LogP contribution in [0, 0.1) is 0 Å². The van der Waals surface area contributed by atoms with Crippen LogP contribution in [0.3, 0.4) is 0 Å². The van der Waals surface area contributed by atoms with E-state index in [0.717, 1.165) is 56.9 Å². The fourth-order valence-corrected chi connectivity index (χ4v) is 4.03. The summed E-state index contributed by atoms with van der Waals surface area (Å²) in [5.74, 6) is 0.815. The predicted octanol–water partition coefficient (Wildman–Crippen LogP) is 7.82. The van der Waals surface area contributed by atoms with Gasteiger partial charge in [0, 0.05) is 51.2 Å². The number of nitrogen functional groups attached to an aromatic ring is 2. The smallest absolute Gasteiger partial charge is 0.119 e. The standard InChI is InChI=1S/C31H29N5O/c1-37-31-20-18-30(19-21-31)36(28-14-10-26(11-15-28)34-24-6-2-22(32)3-7-24)29-16-12-27(13-17-29)35-25-8-4-23(33)5-9-25/h2-21,34-35H,32-33H2,1H3. The quantitative estimate of drug-likeness (QED) is 0.167. The fraction of sp³-hybridized carbons (Fsp3) is 0.0323. The maximum Gasteiger partial charge on any atom is 0.119 e. The molecule has 0 radical (unpaired) electrons. The molecule has 0 aliphatic carbocycles. The highest BCUT2D eigenvalue weighted by Crippen LogP contribution is 2.37. The van der Waals surface area contributed by atoms with Crippen molar-refractivity contribution in [2.24, 2.45) is 0 Å². The van der Waals surface area contributed by atoms with Crippen molar-refractivity contribution in [1.29, 1.82) is 0 Å². The van der Waals surface area contributed by atoms with E-state index in [2.05, 4.69) is 76.2 Å². The van der Waals surface area contributed by atoms with Gasteiger partial charge in [-0.05, 0) is 121 Å². The Morgan fingerprint density at radius 2 is 0.757 bits per heavy atom. The molecule has 0 fully saturated rings. The molecule has 5 rings (SSSR count). The van der Waals surface area contributed by atoms with Gasteiger partial charge in [-0.2, -0.15) is 0 Å². The van der Waals surface area contributed by atoms with E-state index in [0.29, 0.717) is 0 Å². The summed E-state index contributed by atoms with van der Waals surface area (Å²) in [5.41, 5.74) is 20.1. The molecule has 0 aliphatic rings. The lowest BCUT2D eigenvalue weighted by atomic mass is 10.1. The minimum absolute atomic E-state index is 0.741. The van der Waals surface area contributed by atoms with Gasteiger partial charge in [-0.15, -0.1) is 0 Å². The van der Waals surface area contributed by atoms with Gasteiger partial charge in [0.15, 0.2) is 0 Å². The lowest BCUT2D eigenvalue weighted by Gasteiger charge is -2.26. The Bertz CT molecular complexity index is 1340. The van der Waals surface area contributed by atoms with Crippen LogP contribution in [0.4, 0.5) is 51.2 Å². The summed E-state index contributed by atoms with van der Waals surface area (Å²) in [4.78, 5) is 2.21. The second kappa shape index (κ2) is 10.7. The van der Waals surface area contributed by atoms with Crippen LogP contribution >= 0.6 is 0 Å². The van der Waals surface area contributed by atoms with Gasteiger partial charge in [0.25, 0.3) is 0 Å². The second-order valence-electron chi connectivity index (χ2n) is 8.62. The number of rotatable bonds is 8. The Balaban J connectivity index is 1.42. The molecule has 184 valence electrons. The summed E-state index contributed by atoms with van der Waals surface area (Å²) in [6.07, 6.45) is 0. The van der Waals surface area contributed by atoms with E-state index >= 15 is 0 Å². The highest BCUT2D eigenvalue weighted by atomic mass is 16.5. The summed E-state index contributed by atoms with van der Waals surface area (Å²) in [6, 6.07) is 40.1. The molecule has 6 nitrogen and oxygen atoms in total. The first-order valence-corrected chi connectivity index (χ1v) is 12.0. The van der Waals surface area contributed by atoms with E-state index in [1.165, 1.54) is 0 Å². The first-order valence-electron chi connectivity index (χ1n) is 12.0. The molecule has 0 bridgehead atoms. The molecule has 0 atom stereocenters. The van der Waals surface area contributed by atoms with Crippen LogP contribution in [0.1, 0.15) is 0 Å². The Hall–Kier alpha value is -5.10. The van der Waals surface area contributed by atoms with E-state index < -0.39 is 0 Å². The van der Waals surface area contributed by atoms with Crippen molar-refractivity contribution in [3.8, 4) is 5.75 Å². The Labute approximate surface area is 217 Å². The van der Waals surface area contributed by atoms with E-state index in [1.807, 2.05) is 60.7 Å². The normalized spacial score (nSPS) is 10.5. The first-order chi connectivity index (χ1) is 18.1. The fourth-order valence-electron chi connectivity index (χ4n) is 4.03. The molecule has 5 aromatic rings. The third kappa shape index (κ3) is 5.77. The lowest BCUT2D eigenvalue weighted by Crippen LogP contribution is -2.10. The summed E-state index contributed by atoms with van der Waals surface area (Å²) in [7, 11) is 1.67. The molecule has 0 amide bonds. The molecule has 6 heteroatoms. The van der Waals surface area contributed by atoms with Crippen LogP contribution in [0.25, 0.3) is 0 Å². The SMILES string of the molecule is COc1ccc(N(c2ccc(Nc3ccc(N)cc3)cc2)c2ccc(Nc3ccc(N)cc3)cc2)cc1. The molecule has 0 spiro atoms. The molecule has 0 saturated carbocycles. The van der Waals surface area contributed by atoms with Gasteiger partial charge < -0.3 is 31.7 Å². The van der Waals surface area contributed by atoms with Gasteiger partial charge in [-0.1, -0.05) is 0 Å². The van der Waals surface area contributed by atoms with Crippen LogP contribution in [0.15, 0.2) is 121 Å². The van der Waals surface area contributed by atoms with Gasteiger partial charge in [-0.3, -0.25) is 0 Å². The van der Waals surface area contributed by atoms with Crippen LogP contribution in [0.2, 0.25) is 0 Å². The van der Waals surface area contributed by atoms with Gasteiger partial charge in [0.2, 0.25) is 0 Å². The van der Waals surface area contributed by atoms with Crippen molar-refractivity contribution in [1.82, 2.24) is 0 Å². The predicted molar refractivity (Wildman–Crippen MR) is 156 cm³/mol. The third-order valence-corrected chi connectivity index (χ3v) is 5.98. The maximum atomic E-state index is 5.81. The monoisotopic (exact) mass is 487 g/mol. The van der Waals surface area contributed by atoms with Crippen molar-refractivity contribution in [3.05, 3.63) is 121 Å². The molecule has 6 N–H and O–H groups in total. The second-order valence-corrected chi connectivity index (χ2v) is 8.62. The van der Waals surface area contributed by atoms with Crippen LogP contribution in [0.5, 0.6) is 5.75 Å². The Morgan fingerprint density at radius 3 is 1.08 bits per heavy atom. The minimum atomic E-state index is 0.741. The topological polar surface area (TPSA) is 88.6 Å². The highest BCUT2D eigenvalue weighted by molar-refractivity contribution is 5.79. The average molecular weight is 488 g/mol. The van der Waals surface area contributed by atoms with Crippen molar-refractivity contribution >= 4 is 51.2 Å². The van der Waals surface area contributed by atoms with Gasteiger partial charge in [0.1, 0.15) is 5.75 Å². The molecule has 0 aromatic heterocycles. The van der Waals surface area contributed by atoms with Crippen molar-refractivity contribution in [3.63, 3.8) is 0 Å². The number of hydrogen-bond donors (Lipinski definition) is 4. The Kier molecular flexibility index (Phi) is 6.81. The van der Waals surface area contributed by atoms with Crippen molar-refractivity contribution in [2.75, 3.05) is 34.1 Å². The van der Waals surface area contributed by atoms with Crippen molar-refractivity contribution in [2.45, 2.75) is 0 Å². The number of anilines is 9. The molecule has 5 aromatic carbocycles. The molecule has 0 aliphatic heterocycles.